The Morgan fingerprint density at radius 3 is 2.63 bits per heavy atom. The maximum atomic E-state index is 11.2. The summed E-state index contributed by atoms with van der Waals surface area (Å²) in [6, 6.07) is 8.66. The van der Waals surface area contributed by atoms with Gasteiger partial charge in [0.1, 0.15) is 0 Å². The van der Waals surface area contributed by atoms with Gasteiger partial charge in [-0.2, -0.15) is 0 Å². The number of nitrogen functional groups attached to an aromatic ring is 1. The van der Waals surface area contributed by atoms with Gasteiger partial charge < -0.3 is 15.7 Å². The van der Waals surface area contributed by atoms with Crippen molar-refractivity contribution < 1.29 is 9.90 Å². The first-order valence-electron chi connectivity index (χ1n) is 5.81. The number of aromatic nitrogens is 1. The Labute approximate surface area is 111 Å². The minimum absolute atomic E-state index is 0.205. The SMILES string of the molecule is CN(Cc1ccncc1)c1c(N)cccc1C(=O)O. The lowest BCUT2D eigenvalue weighted by atomic mass is 10.1. The van der Waals surface area contributed by atoms with Gasteiger partial charge >= 0.3 is 5.97 Å². The van der Waals surface area contributed by atoms with E-state index < -0.39 is 5.97 Å². The van der Waals surface area contributed by atoms with Crippen molar-refractivity contribution in [2.24, 2.45) is 0 Å². The first kappa shape index (κ1) is 12.9. The summed E-state index contributed by atoms with van der Waals surface area (Å²) in [4.78, 5) is 17.0. The van der Waals surface area contributed by atoms with Crippen molar-refractivity contribution in [2.45, 2.75) is 6.54 Å². The van der Waals surface area contributed by atoms with Crippen LogP contribution in [0.5, 0.6) is 0 Å². The van der Waals surface area contributed by atoms with E-state index in [9.17, 15) is 9.90 Å². The molecule has 0 amide bonds. The lowest BCUT2D eigenvalue weighted by Gasteiger charge is -2.23. The molecule has 3 N–H and O–H groups in total. The van der Waals surface area contributed by atoms with Crippen LogP contribution in [0.2, 0.25) is 0 Å². The zero-order valence-corrected chi connectivity index (χ0v) is 10.6. The Morgan fingerprint density at radius 2 is 2.00 bits per heavy atom. The maximum absolute atomic E-state index is 11.2. The lowest BCUT2D eigenvalue weighted by molar-refractivity contribution is 0.0697. The molecule has 98 valence electrons. The van der Waals surface area contributed by atoms with Gasteiger partial charge in [0, 0.05) is 26.0 Å². The molecule has 0 atom stereocenters. The van der Waals surface area contributed by atoms with Crippen molar-refractivity contribution in [1.29, 1.82) is 0 Å². The molecule has 19 heavy (non-hydrogen) atoms. The molecule has 0 bridgehead atoms. The van der Waals surface area contributed by atoms with Gasteiger partial charge in [-0.05, 0) is 29.8 Å². The quantitative estimate of drug-likeness (QED) is 0.819. The van der Waals surface area contributed by atoms with Crippen LogP contribution < -0.4 is 10.6 Å². The molecule has 2 aromatic rings. The molecule has 0 unspecified atom stereocenters. The summed E-state index contributed by atoms with van der Waals surface area (Å²) in [5.74, 6) is -0.983. The number of anilines is 2. The molecule has 2 rings (SSSR count). The number of pyridine rings is 1. The van der Waals surface area contributed by atoms with Gasteiger partial charge in [0.2, 0.25) is 0 Å². The van der Waals surface area contributed by atoms with Gasteiger partial charge in [0.05, 0.1) is 16.9 Å². The number of nitrogens with zero attached hydrogens (tertiary/aromatic N) is 2. The number of carboxylic acid groups (broad SMARTS) is 1. The van der Waals surface area contributed by atoms with Crippen molar-refractivity contribution in [3.05, 3.63) is 53.9 Å². The largest absolute Gasteiger partial charge is 0.478 e. The van der Waals surface area contributed by atoms with E-state index in [1.54, 1.807) is 30.6 Å². The number of benzene rings is 1. The fourth-order valence-corrected chi connectivity index (χ4v) is 2.00. The van der Waals surface area contributed by atoms with E-state index in [0.29, 0.717) is 17.9 Å². The average Bonchev–Trinajstić information content (AvgIpc) is 2.39. The average molecular weight is 257 g/mol. The Balaban J connectivity index is 2.33. The molecule has 0 saturated heterocycles. The molecule has 5 nitrogen and oxygen atoms in total. The van der Waals surface area contributed by atoms with E-state index in [4.69, 9.17) is 5.73 Å². The predicted molar refractivity (Wildman–Crippen MR) is 74.2 cm³/mol. The number of hydrogen-bond acceptors (Lipinski definition) is 4. The molecular weight excluding hydrogens is 242 g/mol. The van der Waals surface area contributed by atoms with E-state index >= 15 is 0 Å². The van der Waals surface area contributed by atoms with Crippen LogP contribution in [0.15, 0.2) is 42.7 Å². The number of carbonyl (C=O) groups is 1. The highest BCUT2D eigenvalue weighted by molar-refractivity contribution is 5.97. The molecule has 0 aliphatic rings. The van der Waals surface area contributed by atoms with Crippen LogP contribution in [0.25, 0.3) is 0 Å². The highest BCUT2D eigenvalue weighted by atomic mass is 16.4. The van der Waals surface area contributed by atoms with Crippen molar-refractivity contribution >= 4 is 17.3 Å². The third-order valence-electron chi connectivity index (χ3n) is 2.85. The summed E-state index contributed by atoms with van der Waals surface area (Å²) in [6.07, 6.45) is 3.41. The molecule has 1 heterocycles. The van der Waals surface area contributed by atoms with Crippen LogP contribution in [0.3, 0.4) is 0 Å². The molecule has 0 saturated carbocycles. The standard InChI is InChI=1S/C14H15N3O2/c1-17(9-10-5-7-16-8-6-10)13-11(14(18)19)3-2-4-12(13)15/h2-8H,9,15H2,1H3,(H,18,19). The second-order valence-electron chi connectivity index (χ2n) is 4.26. The molecule has 0 aliphatic carbocycles. The number of carboxylic acids is 1. The van der Waals surface area contributed by atoms with E-state index in [1.165, 1.54) is 0 Å². The van der Waals surface area contributed by atoms with E-state index in [-0.39, 0.29) is 5.56 Å². The highest BCUT2D eigenvalue weighted by Gasteiger charge is 2.16. The number of aromatic carboxylic acids is 1. The Bertz CT molecular complexity index is 584. The molecule has 1 aromatic carbocycles. The fourth-order valence-electron chi connectivity index (χ4n) is 2.00. The van der Waals surface area contributed by atoms with Gasteiger partial charge in [0.15, 0.2) is 0 Å². The first-order chi connectivity index (χ1) is 9.09. The van der Waals surface area contributed by atoms with Crippen molar-refractivity contribution in [2.75, 3.05) is 17.7 Å². The second kappa shape index (κ2) is 5.39. The molecule has 0 aliphatic heterocycles. The molecule has 0 fully saturated rings. The monoisotopic (exact) mass is 257 g/mol. The molecule has 0 spiro atoms. The Hall–Kier alpha value is -2.56. The van der Waals surface area contributed by atoms with Crippen LogP contribution >= 0.6 is 0 Å². The third kappa shape index (κ3) is 2.82. The van der Waals surface area contributed by atoms with Gasteiger partial charge in [-0.3, -0.25) is 4.98 Å². The number of hydrogen-bond donors (Lipinski definition) is 2. The Morgan fingerprint density at radius 1 is 1.32 bits per heavy atom. The number of rotatable bonds is 4. The minimum atomic E-state index is -0.983. The third-order valence-corrected chi connectivity index (χ3v) is 2.85. The molecule has 0 radical (unpaired) electrons. The summed E-state index contributed by atoms with van der Waals surface area (Å²) >= 11 is 0. The van der Waals surface area contributed by atoms with Gasteiger partial charge in [0.25, 0.3) is 0 Å². The van der Waals surface area contributed by atoms with Crippen molar-refractivity contribution in [3.8, 4) is 0 Å². The summed E-state index contributed by atoms with van der Waals surface area (Å²) in [6.45, 7) is 0.566. The maximum Gasteiger partial charge on any atom is 0.337 e. The van der Waals surface area contributed by atoms with Crippen LogP contribution in [-0.2, 0) is 6.54 Å². The number of para-hydroxylation sites is 1. The van der Waals surface area contributed by atoms with Gasteiger partial charge in [-0.15, -0.1) is 0 Å². The smallest absolute Gasteiger partial charge is 0.337 e. The van der Waals surface area contributed by atoms with Crippen LogP contribution in [0, 0.1) is 0 Å². The second-order valence-corrected chi connectivity index (χ2v) is 4.26. The first-order valence-corrected chi connectivity index (χ1v) is 5.81. The lowest BCUT2D eigenvalue weighted by Crippen LogP contribution is -2.20. The number of nitrogens with two attached hydrogens (primary N) is 1. The van der Waals surface area contributed by atoms with Gasteiger partial charge in [-0.25, -0.2) is 4.79 Å². The molecule has 1 aromatic heterocycles. The predicted octanol–water partition coefficient (Wildman–Crippen LogP) is 2.00. The summed E-state index contributed by atoms with van der Waals surface area (Å²) in [7, 11) is 1.82. The minimum Gasteiger partial charge on any atom is -0.478 e. The summed E-state index contributed by atoms with van der Waals surface area (Å²) in [5, 5.41) is 9.21. The van der Waals surface area contributed by atoms with Crippen molar-refractivity contribution in [3.63, 3.8) is 0 Å². The van der Waals surface area contributed by atoms with E-state index in [0.717, 1.165) is 5.56 Å². The summed E-state index contributed by atoms with van der Waals surface area (Å²) < 4.78 is 0. The van der Waals surface area contributed by atoms with Crippen LogP contribution in [0.4, 0.5) is 11.4 Å². The molecular formula is C14H15N3O2. The fraction of sp³-hybridized carbons (Fsp3) is 0.143. The summed E-state index contributed by atoms with van der Waals surface area (Å²) in [5.41, 5.74) is 8.13. The zero-order valence-electron chi connectivity index (χ0n) is 10.6. The van der Waals surface area contributed by atoms with E-state index in [2.05, 4.69) is 4.98 Å². The van der Waals surface area contributed by atoms with Crippen molar-refractivity contribution in [1.82, 2.24) is 4.98 Å². The zero-order chi connectivity index (χ0) is 13.8. The normalized spacial score (nSPS) is 10.2. The molecule has 5 heteroatoms. The highest BCUT2D eigenvalue weighted by Crippen LogP contribution is 2.28. The topological polar surface area (TPSA) is 79.5 Å². The van der Waals surface area contributed by atoms with Crippen LogP contribution in [-0.4, -0.2) is 23.1 Å². The Kier molecular flexibility index (Phi) is 3.66. The van der Waals surface area contributed by atoms with Gasteiger partial charge in [-0.1, -0.05) is 6.07 Å². The van der Waals surface area contributed by atoms with E-state index in [1.807, 2.05) is 24.1 Å². The van der Waals surface area contributed by atoms with Crippen LogP contribution in [0.1, 0.15) is 15.9 Å².